The number of hydrogen-bond donors (Lipinski definition) is 0. The molecule has 0 saturated carbocycles. The van der Waals surface area contributed by atoms with E-state index in [9.17, 15) is 9.59 Å². The average molecular weight is 549 g/mol. The summed E-state index contributed by atoms with van der Waals surface area (Å²) in [6, 6.07) is 8.25. The van der Waals surface area contributed by atoms with E-state index in [2.05, 4.69) is 33.0 Å². The van der Waals surface area contributed by atoms with Crippen LogP contribution in [0.4, 0.5) is 11.6 Å². The van der Waals surface area contributed by atoms with Crippen LogP contribution in [0.15, 0.2) is 24.3 Å². The molecule has 2 amide bonds. The van der Waals surface area contributed by atoms with Crippen LogP contribution in [0.5, 0.6) is 0 Å². The third-order valence-corrected chi connectivity index (χ3v) is 8.24. The Kier molecular flexibility index (Phi) is 9.65. The zero-order chi connectivity index (χ0) is 27.9. The van der Waals surface area contributed by atoms with E-state index in [1.54, 1.807) is 6.92 Å². The average Bonchev–Trinajstić information content (AvgIpc) is 3.49. The van der Waals surface area contributed by atoms with Crippen molar-refractivity contribution >= 4 is 23.5 Å². The Labute approximate surface area is 238 Å². The van der Waals surface area contributed by atoms with Gasteiger partial charge in [-0.15, -0.1) is 0 Å². The van der Waals surface area contributed by atoms with E-state index >= 15 is 0 Å². The number of anilines is 2. The smallest absolute Gasteiger partial charge is 0.272 e. The first-order valence-corrected chi connectivity index (χ1v) is 15.1. The van der Waals surface area contributed by atoms with Crippen molar-refractivity contribution in [1.29, 1.82) is 0 Å². The molecule has 0 N–H and O–H groups in total. The fourth-order valence-corrected chi connectivity index (χ4v) is 6.00. The van der Waals surface area contributed by atoms with E-state index < -0.39 is 0 Å². The molecule has 0 aliphatic carbocycles. The summed E-state index contributed by atoms with van der Waals surface area (Å²) in [5.74, 6) is 0.633. The van der Waals surface area contributed by atoms with Crippen LogP contribution in [0.3, 0.4) is 0 Å². The maximum Gasteiger partial charge on any atom is 0.272 e. The summed E-state index contributed by atoms with van der Waals surface area (Å²) in [6.45, 7) is 11.4. The second kappa shape index (κ2) is 13.5. The number of ether oxygens (including phenoxy) is 1. The Morgan fingerprint density at radius 3 is 2.30 bits per heavy atom. The predicted molar refractivity (Wildman–Crippen MR) is 157 cm³/mol. The first-order valence-electron chi connectivity index (χ1n) is 15.1. The summed E-state index contributed by atoms with van der Waals surface area (Å²) >= 11 is 0. The SMILES string of the molecule is CC(=O)N1CCCCCCCN(C(=O)c2cc(C)nc(N3CCCC3)n2)Cc2ccc(CN3CCOCC3)cc21. The van der Waals surface area contributed by atoms with E-state index in [1.165, 1.54) is 5.56 Å². The minimum absolute atomic E-state index is 0.0430. The maximum absolute atomic E-state index is 14.0. The molecule has 0 radical (unpaired) electrons. The largest absolute Gasteiger partial charge is 0.379 e. The van der Waals surface area contributed by atoms with Crippen molar-refractivity contribution in [3.8, 4) is 0 Å². The molecule has 3 aliphatic rings. The Morgan fingerprint density at radius 2 is 1.55 bits per heavy atom. The van der Waals surface area contributed by atoms with Crippen LogP contribution in [0.2, 0.25) is 0 Å². The zero-order valence-corrected chi connectivity index (χ0v) is 24.2. The number of hydrogen-bond acceptors (Lipinski definition) is 7. The number of rotatable bonds is 4. The Morgan fingerprint density at radius 1 is 0.850 bits per heavy atom. The van der Waals surface area contributed by atoms with Gasteiger partial charge in [0, 0.05) is 70.7 Å². The van der Waals surface area contributed by atoms with Gasteiger partial charge in [-0.1, -0.05) is 31.4 Å². The lowest BCUT2D eigenvalue weighted by molar-refractivity contribution is -0.116. The fourth-order valence-electron chi connectivity index (χ4n) is 6.00. The molecule has 40 heavy (non-hydrogen) atoms. The number of benzene rings is 1. The standard InChI is InChI=1S/C31H44N6O3/c1-24-20-28(33-31(32-24)35-12-8-9-13-35)30(39)36-14-6-4-3-5-7-15-37(25(2)38)29-21-26(10-11-27(29)23-36)22-34-16-18-40-19-17-34/h10-11,20-21H,3-9,12-19,22-23H2,1-2H3. The van der Waals surface area contributed by atoms with E-state index in [0.717, 1.165) is 108 Å². The zero-order valence-electron chi connectivity index (χ0n) is 24.2. The molecular formula is C31H44N6O3. The molecule has 1 aromatic heterocycles. The van der Waals surface area contributed by atoms with Crippen LogP contribution >= 0.6 is 0 Å². The van der Waals surface area contributed by atoms with Gasteiger partial charge in [-0.25, -0.2) is 9.97 Å². The van der Waals surface area contributed by atoms with Gasteiger partial charge in [0.25, 0.3) is 5.91 Å². The second-order valence-electron chi connectivity index (χ2n) is 11.4. The van der Waals surface area contributed by atoms with Crippen LogP contribution in [0.1, 0.15) is 79.2 Å². The molecule has 2 aromatic rings. The lowest BCUT2D eigenvalue weighted by Crippen LogP contribution is -2.36. The van der Waals surface area contributed by atoms with Gasteiger partial charge in [0.05, 0.1) is 13.2 Å². The molecule has 3 aliphatic heterocycles. The van der Waals surface area contributed by atoms with E-state index in [0.29, 0.717) is 31.3 Å². The highest BCUT2D eigenvalue weighted by atomic mass is 16.5. The summed E-state index contributed by atoms with van der Waals surface area (Å²) in [7, 11) is 0. The highest BCUT2D eigenvalue weighted by Crippen LogP contribution is 2.28. The normalized spacial score (nSPS) is 19.6. The van der Waals surface area contributed by atoms with Crippen LogP contribution < -0.4 is 9.80 Å². The number of morpholine rings is 1. The fraction of sp³-hybridized carbons (Fsp3) is 0.613. The van der Waals surface area contributed by atoms with Crippen molar-refractivity contribution in [2.75, 3.05) is 62.3 Å². The first kappa shape index (κ1) is 28.5. The summed E-state index contributed by atoms with van der Waals surface area (Å²) in [5, 5.41) is 0. The van der Waals surface area contributed by atoms with Crippen molar-refractivity contribution in [3.05, 3.63) is 46.8 Å². The number of aryl methyl sites for hydroxylation is 1. The molecule has 0 atom stereocenters. The molecule has 5 rings (SSSR count). The minimum atomic E-state index is -0.0688. The van der Waals surface area contributed by atoms with Crippen molar-refractivity contribution in [3.63, 3.8) is 0 Å². The topological polar surface area (TPSA) is 82.1 Å². The number of amides is 2. The number of aromatic nitrogens is 2. The van der Waals surface area contributed by atoms with Crippen molar-refractivity contribution in [2.24, 2.45) is 0 Å². The van der Waals surface area contributed by atoms with Gasteiger partial charge in [0.2, 0.25) is 11.9 Å². The van der Waals surface area contributed by atoms with Gasteiger partial charge in [0.15, 0.2) is 0 Å². The molecule has 2 fully saturated rings. The number of fused-ring (bicyclic) bond motifs is 1. The Hall–Kier alpha value is -3.04. The molecule has 2 saturated heterocycles. The Balaban J connectivity index is 1.46. The van der Waals surface area contributed by atoms with Crippen molar-refractivity contribution < 1.29 is 14.3 Å². The lowest BCUT2D eigenvalue weighted by Gasteiger charge is -2.30. The number of nitrogens with zero attached hydrogens (tertiary/aromatic N) is 6. The van der Waals surface area contributed by atoms with Crippen LogP contribution in [0, 0.1) is 6.92 Å². The van der Waals surface area contributed by atoms with E-state index in [-0.39, 0.29) is 11.8 Å². The number of carbonyl (C=O) groups excluding carboxylic acids is 2. The second-order valence-corrected chi connectivity index (χ2v) is 11.4. The molecule has 0 bridgehead atoms. The van der Waals surface area contributed by atoms with E-state index in [1.807, 2.05) is 22.8 Å². The summed E-state index contributed by atoms with van der Waals surface area (Å²) in [6.07, 6.45) is 7.43. The molecule has 4 heterocycles. The lowest BCUT2D eigenvalue weighted by atomic mass is 10.0. The van der Waals surface area contributed by atoms with Crippen molar-refractivity contribution in [2.45, 2.75) is 71.9 Å². The quantitative estimate of drug-likeness (QED) is 0.567. The summed E-state index contributed by atoms with van der Waals surface area (Å²) in [5.41, 5.74) is 4.37. The minimum Gasteiger partial charge on any atom is -0.379 e. The third kappa shape index (κ3) is 7.18. The van der Waals surface area contributed by atoms with Crippen molar-refractivity contribution in [1.82, 2.24) is 19.8 Å². The molecule has 9 heteroatoms. The summed E-state index contributed by atoms with van der Waals surface area (Å²) < 4.78 is 5.53. The molecule has 0 spiro atoms. The van der Waals surface area contributed by atoms with Gasteiger partial charge in [-0.05, 0) is 55.9 Å². The van der Waals surface area contributed by atoms with E-state index in [4.69, 9.17) is 9.72 Å². The molecule has 216 valence electrons. The molecular weight excluding hydrogens is 504 g/mol. The molecule has 1 aromatic carbocycles. The monoisotopic (exact) mass is 548 g/mol. The molecule has 0 unspecified atom stereocenters. The number of carbonyl (C=O) groups is 2. The van der Waals surface area contributed by atoms with Gasteiger partial charge in [-0.2, -0.15) is 0 Å². The molecule has 9 nitrogen and oxygen atoms in total. The van der Waals surface area contributed by atoms with Gasteiger partial charge >= 0.3 is 0 Å². The predicted octanol–water partition coefficient (Wildman–Crippen LogP) is 4.18. The van der Waals surface area contributed by atoms with Gasteiger partial charge < -0.3 is 19.4 Å². The van der Waals surface area contributed by atoms with Crippen LogP contribution in [-0.4, -0.2) is 84.1 Å². The van der Waals surface area contributed by atoms with Crippen LogP contribution in [0.25, 0.3) is 0 Å². The van der Waals surface area contributed by atoms with Crippen LogP contribution in [-0.2, 0) is 22.6 Å². The Bertz CT molecular complexity index is 1180. The summed E-state index contributed by atoms with van der Waals surface area (Å²) in [4.78, 5) is 44.7. The highest BCUT2D eigenvalue weighted by Gasteiger charge is 2.25. The maximum atomic E-state index is 14.0. The first-order chi connectivity index (χ1) is 19.5. The third-order valence-electron chi connectivity index (χ3n) is 8.24. The highest BCUT2D eigenvalue weighted by molar-refractivity contribution is 5.94. The van der Waals surface area contributed by atoms with Gasteiger partial charge in [-0.3, -0.25) is 14.5 Å². The van der Waals surface area contributed by atoms with Gasteiger partial charge in [0.1, 0.15) is 5.69 Å².